The second-order valence-electron chi connectivity index (χ2n) is 4.32. The zero-order valence-corrected chi connectivity index (χ0v) is 12.7. The fraction of sp³-hybridized carbons (Fsp3) is 0.133. The Morgan fingerprint density at radius 1 is 0.909 bits per heavy atom. The van der Waals surface area contributed by atoms with E-state index in [0.717, 1.165) is 0 Å². The Hall–Kier alpha value is -2.38. The van der Waals surface area contributed by atoms with Crippen LogP contribution in [0.25, 0.3) is 0 Å². The first-order valence-corrected chi connectivity index (χ1v) is 7.61. The van der Waals surface area contributed by atoms with Gasteiger partial charge in [-0.1, -0.05) is 18.2 Å². The van der Waals surface area contributed by atoms with Crippen LogP contribution in [0.1, 0.15) is 15.9 Å². The largest absolute Gasteiger partial charge is 0.744 e. The zero-order chi connectivity index (χ0) is 16.3. The van der Waals surface area contributed by atoms with Crippen molar-refractivity contribution in [1.82, 2.24) is 0 Å². The Kier molecular flexibility index (Phi) is 4.48. The lowest BCUT2D eigenvalue weighted by Gasteiger charge is -2.16. The molecule has 0 bridgehead atoms. The van der Waals surface area contributed by atoms with Crippen LogP contribution in [0.3, 0.4) is 0 Å². The van der Waals surface area contributed by atoms with Crippen molar-refractivity contribution in [2.75, 3.05) is 14.2 Å². The molecule has 0 aromatic heterocycles. The van der Waals surface area contributed by atoms with E-state index in [-0.39, 0.29) is 22.6 Å². The van der Waals surface area contributed by atoms with Crippen LogP contribution in [-0.2, 0) is 10.1 Å². The summed E-state index contributed by atoms with van der Waals surface area (Å²) >= 11 is 0. The molecule has 22 heavy (non-hydrogen) atoms. The molecular weight excluding hydrogens is 308 g/mol. The summed E-state index contributed by atoms with van der Waals surface area (Å²) in [6.07, 6.45) is 0. The van der Waals surface area contributed by atoms with Crippen LogP contribution in [0.4, 0.5) is 0 Å². The van der Waals surface area contributed by atoms with Crippen molar-refractivity contribution >= 4 is 15.9 Å². The van der Waals surface area contributed by atoms with Gasteiger partial charge in [0.1, 0.15) is 26.5 Å². The fourth-order valence-corrected chi connectivity index (χ4v) is 2.92. The fourth-order valence-electron chi connectivity index (χ4n) is 2.09. The molecule has 0 radical (unpaired) electrons. The maximum absolute atomic E-state index is 12.6. The minimum absolute atomic E-state index is 0.156. The molecule has 0 N–H and O–H groups in total. The van der Waals surface area contributed by atoms with Gasteiger partial charge in [0, 0.05) is 5.56 Å². The summed E-state index contributed by atoms with van der Waals surface area (Å²) in [5.41, 5.74) is -0.0954. The second-order valence-corrected chi connectivity index (χ2v) is 5.64. The second kappa shape index (κ2) is 6.17. The van der Waals surface area contributed by atoms with Gasteiger partial charge in [-0.15, -0.1) is 0 Å². The van der Waals surface area contributed by atoms with Gasteiger partial charge in [-0.3, -0.25) is 4.79 Å². The van der Waals surface area contributed by atoms with Crippen LogP contribution < -0.4 is 9.47 Å². The highest BCUT2D eigenvalue weighted by Gasteiger charge is 2.23. The third-order valence-corrected chi connectivity index (χ3v) is 3.97. The van der Waals surface area contributed by atoms with Crippen molar-refractivity contribution in [2.45, 2.75) is 4.90 Å². The van der Waals surface area contributed by atoms with Crippen LogP contribution in [0.2, 0.25) is 0 Å². The predicted octanol–water partition coefficient (Wildman–Crippen LogP) is 1.84. The van der Waals surface area contributed by atoms with Crippen molar-refractivity contribution in [3.63, 3.8) is 0 Å². The maximum atomic E-state index is 12.6. The number of para-hydroxylation sites is 1. The SMILES string of the molecule is COc1ccccc1C(=O)c1cccc(OC)c1S(=O)(=O)[O-]. The van der Waals surface area contributed by atoms with Gasteiger partial charge in [-0.05, 0) is 24.3 Å². The number of ketones is 1. The van der Waals surface area contributed by atoms with Gasteiger partial charge in [0.25, 0.3) is 0 Å². The number of carbonyl (C=O) groups is 1. The molecule has 6 nitrogen and oxygen atoms in total. The molecular formula is C15H13O6S-. The van der Waals surface area contributed by atoms with E-state index in [2.05, 4.69) is 0 Å². The smallest absolute Gasteiger partial charge is 0.198 e. The summed E-state index contributed by atoms with van der Waals surface area (Å²) < 4.78 is 44.5. The highest BCUT2D eigenvalue weighted by molar-refractivity contribution is 7.86. The first-order chi connectivity index (χ1) is 10.4. The molecule has 0 aliphatic rings. The lowest BCUT2D eigenvalue weighted by molar-refractivity contribution is 0.103. The number of hydrogen-bond acceptors (Lipinski definition) is 6. The van der Waals surface area contributed by atoms with Gasteiger partial charge in [-0.25, -0.2) is 8.42 Å². The lowest BCUT2D eigenvalue weighted by atomic mass is 10.0. The quantitative estimate of drug-likeness (QED) is 0.616. The maximum Gasteiger partial charge on any atom is 0.198 e. The molecule has 0 aliphatic heterocycles. The van der Waals surface area contributed by atoms with Crippen LogP contribution >= 0.6 is 0 Å². The topological polar surface area (TPSA) is 92.7 Å². The van der Waals surface area contributed by atoms with Crippen LogP contribution in [0.5, 0.6) is 11.5 Å². The summed E-state index contributed by atoms with van der Waals surface area (Å²) in [6.45, 7) is 0. The molecule has 0 saturated heterocycles. The highest BCUT2D eigenvalue weighted by atomic mass is 32.2. The molecule has 0 fully saturated rings. The lowest BCUT2D eigenvalue weighted by Crippen LogP contribution is -2.12. The average molecular weight is 321 g/mol. The van der Waals surface area contributed by atoms with Gasteiger partial charge in [0.2, 0.25) is 0 Å². The molecule has 2 aromatic rings. The standard InChI is InChI=1S/C15H14O6S/c1-20-12-8-4-3-6-10(12)14(16)11-7-5-9-13(21-2)15(11)22(17,18)19/h3-9H,1-2H3,(H,17,18,19)/p-1. The van der Waals surface area contributed by atoms with Crippen molar-refractivity contribution in [1.29, 1.82) is 0 Å². The van der Waals surface area contributed by atoms with Gasteiger partial charge in [-0.2, -0.15) is 0 Å². The number of ether oxygens (including phenoxy) is 2. The summed E-state index contributed by atoms with van der Waals surface area (Å²) in [4.78, 5) is 12.0. The third-order valence-electron chi connectivity index (χ3n) is 3.05. The van der Waals surface area contributed by atoms with Gasteiger partial charge < -0.3 is 14.0 Å². The normalized spacial score (nSPS) is 11.0. The Labute approximate surface area is 128 Å². The number of methoxy groups -OCH3 is 2. The number of carbonyl (C=O) groups excluding carboxylic acids is 1. The van der Waals surface area contributed by atoms with Gasteiger partial charge in [0.15, 0.2) is 5.78 Å². The van der Waals surface area contributed by atoms with Crippen LogP contribution in [0, 0.1) is 0 Å². The third kappa shape index (κ3) is 2.95. The molecule has 0 atom stereocenters. The summed E-state index contributed by atoms with van der Waals surface area (Å²) in [6, 6.07) is 10.4. The Bertz CT molecular complexity index is 811. The van der Waals surface area contributed by atoms with E-state index in [1.165, 1.54) is 38.5 Å². The molecule has 2 rings (SSSR count). The molecule has 0 unspecified atom stereocenters. The van der Waals surface area contributed by atoms with E-state index < -0.39 is 20.8 Å². The first-order valence-electron chi connectivity index (χ1n) is 6.20. The summed E-state index contributed by atoms with van der Waals surface area (Å²) in [7, 11) is -2.27. The molecule has 0 saturated carbocycles. The van der Waals surface area contributed by atoms with E-state index in [1.54, 1.807) is 18.2 Å². The number of hydrogen-bond donors (Lipinski definition) is 0. The Morgan fingerprint density at radius 3 is 2.05 bits per heavy atom. The average Bonchev–Trinajstić information content (AvgIpc) is 2.52. The summed E-state index contributed by atoms with van der Waals surface area (Å²) in [5.74, 6) is -0.522. The predicted molar refractivity (Wildman–Crippen MR) is 77.4 cm³/mol. The van der Waals surface area contributed by atoms with Crippen LogP contribution in [0.15, 0.2) is 47.4 Å². The molecule has 0 amide bonds. The highest BCUT2D eigenvalue weighted by Crippen LogP contribution is 2.30. The molecule has 0 aliphatic carbocycles. The Balaban J connectivity index is 2.70. The minimum Gasteiger partial charge on any atom is -0.744 e. The first kappa shape index (κ1) is 16.0. The zero-order valence-electron chi connectivity index (χ0n) is 11.9. The van der Waals surface area contributed by atoms with Crippen molar-refractivity contribution < 1.29 is 27.2 Å². The monoisotopic (exact) mass is 321 g/mol. The van der Waals surface area contributed by atoms with Gasteiger partial charge in [0.05, 0.1) is 19.8 Å². The summed E-state index contributed by atoms with van der Waals surface area (Å²) in [5, 5.41) is 0. The molecule has 2 aromatic carbocycles. The molecule has 0 heterocycles. The van der Waals surface area contributed by atoms with E-state index in [9.17, 15) is 17.8 Å². The van der Waals surface area contributed by atoms with E-state index in [1.807, 2.05) is 0 Å². The van der Waals surface area contributed by atoms with Crippen LogP contribution in [-0.4, -0.2) is 33.0 Å². The minimum atomic E-state index is -4.89. The van der Waals surface area contributed by atoms with E-state index in [0.29, 0.717) is 0 Å². The van der Waals surface area contributed by atoms with E-state index in [4.69, 9.17) is 9.47 Å². The van der Waals surface area contributed by atoms with E-state index >= 15 is 0 Å². The molecule has 116 valence electrons. The number of rotatable bonds is 5. The Morgan fingerprint density at radius 2 is 1.45 bits per heavy atom. The number of benzene rings is 2. The van der Waals surface area contributed by atoms with Crippen molar-refractivity contribution in [3.8, 4) is 11.5 Å². The molecule has 7 heteroatoms. The molecule has 0 spiro atoms. The van der Waals surface area contributed by atoms with Crippen molar-refractivity contribution in [3.05, 3.63) is 53.6 Å². The van der Waals surface area contributed by atoms with Gasteiger partial charge >= 0.3 is 0 Å². The van der Waals surface area contributed by atoms with Crippen molar-refractivity contribution in [2.24, 2.45) is 0 Å².